The van der Waals surface area contributed by atoms with Crippen LogP contribution in [0.5, 0.6) is 0 Å². The van der Waals surface area contributed by atoms with Gasteiger partial charge < -0.3 is 14.4 Å². The molecule has 1 aromatic carbocycles. The van der Waals surface area contributed by atoms with E-state index in [1.54, 1.807) is 25.9 Å². The van der Waals surface area contributed by atoms with E-state index in [0.29, 0.717) is 17.9 Å². The van der Waals surface area contributed by atoms with Crippen LogP contribution in [0.2, 0.25) is 0 Å². The van der Waals surface area contributed by atoms with Gasteiger partial charge in [0.1, 0.15) is 13.2 Å². The van der Waals surface area contributed by atoms with E-state index < -0.39 is 11.4 Å². The Morgan fingerprint density at radius 3 is 1.83 bits per heavy atom. The first-order chi connectivity index (χ1) is 16.2. The van der Waals surface area contributed by atoms with E-state index in [4.69, 9.17) is 9.47 Å². The first-order valence-corrected chi connectivity index (χ1v) is 12.5. The minimum Gasteiger partial charge on any atom is -0.462 e. The van der Waals surface area contributed by atoms with Crippen LogP contribution in [0.1, 0.15) is 86.1 Å². The summed E-state index contributed by atoms with van der Waals surface area (Å²) >= 11 is 0. The van der Waals surface area contributed by atoms with Crippen molar-refractivity contribution in [1.29, 1.82) is 0 Å². The number of amides is 1. The average Bonchev–Trinajstić information content (AvgIpc) is 2.85. The Balaban J connectivity index is 0. The molecule has 0 heterocycles. The van der Waals surface area contributed by atoms with Crippen LogP contribution >= 0.6 is 0 Å². The maximum absolute atomic E-state index is 11.5. The lowest BCUT2D eigenvalue weighted by Crippen LogP contribution is -2.27. The van der Waals surface area contributed by atoms with Crippen molar-refractivity contribution in [3.63, 3.8) is 0 Å². The number of hydrogen-bond acceptors (Lipinski definition) is 5. The molecule has 2 atom stereocenters. The molecule has 0 aliphatic rings. The van der Waals surface area contributed by atoms with Crippen molar-refractivity contribution in [3.8, 4) is 0 Å². The maximum atomic E-state index is 11.5. The van der Waals surface area contributed by atoms with Gasteiger partial charge in [0.15, 0.2) is 0 Å². The van der Waals surface area contributed by atoms with Gasteiger partial charge in [0, 0.05) is 25.6 Å². The van der Waals surface area contributed by atoms with Crippen molar-refractivity contribution in [2.24, 2.45) is 11.3 Å². The topological polar surface area (TPSA) is 72.9 Å². The molecule has 2 unspecified atom stereocenters. The maximum Gasteiger partial charge on any atom is 0.333 e. The van der Waals surface area contributed by atoms with Gasteiger partial charge in [-0.05, 0) is 51.5 Å². The second kappa shape index (κ2) is 18.7. The molecule has 1 rings (SSSR count). The van der Waals surface area contributed by atoms with Crippen LogP contribution in [0.4, 0.5) is 0 Å². The molecule has 0 aliphatic carbocycles. The Labute approximate surface area is 214 Å². The molecule has 35 heavy (non-hydrogen) atoms. The normalized spacial score (nSPS) is 11.9. The lowest BCUT2D eigenvalue weighted by Gasteiger charge is -2.20. The molecule has 0 N–H and O–H groups in total. The van der Waals surface area contributed by atoms with Gasteiger partial charge in [0.25, 0.3) is 0 Å². The molecule has 200 valence electrons. The number of carbonyl (C=O) groups excluding carboxylic acids is 3. The molecule has 0 spiro atoms. The van der Waals surface area contributed by atoms with Crippen molar-refractivity contribution in [1.82, 2.24) is 4.90 Å². The zero-order chi connectivity index (χ0) is 27.6. The quantitative estimate of drug-likeness (QED) is 0.215. The molecule has 0 radical (unpaired) electrons. The largest absolute Gasteiger partial charge is 0.462 e. The summed E-state index contributed by atoms with van der Waals surface area (Å²) < 4.78 is 9.77. The fraction of sp³-hybridized carbons (Fsp3) is 0.621. The number of esters is 2. The molecule has 0 aromatic heterocycles. The number of ether oxygens (including phenoxy) is 2. The summed E-state index contributed by atoms with van der Waals surface area (Å²) in [5.74, 6) is 0.367. The van der Waals surface area contributed by atoms with E-state index in [1.165, 1.54) is 12.0 Å². The summed E-state index contributed by atoms with van der Waals surface area (Å²) in [4.78, 5) is 35.1. The Hall–Kier alpha value is -2.63. The smallest absolute Gasteiger partial charge is 0.333 e. The second-order valence-electron chi connectivity index (χ2n) is 9.55. The second-order valence-corrected chi connectivity index (χ2v) is 9.55. The lowest BCUT2D eigenvalue weighted by molar-refractivity contribution is -0.158. The predicted octanol–water partition coefficient (Wildman–Crippen LogP) is 6.41. The molecule has 0 saturated carbocycles. The van der Waals surface area contributed by atoms with Crippen molar-refractivity contribution in [2.45, 2.75) is 80.6 Å². The number of hydrogen-bond donors (Lipinski definition) is 0. The molecule has 1 amide bonds. The van der Waals surface area contributed by atoms with Gasteiger partial charge in [-0.25, -0.2) is 4.79 Å². The Morgan fingerprint density at radius 1 is 0.943 bits per heavy atom. The standard InChI is InChI=1S/C12H20O4.C10H14.C7H15NO/c1-6-12(4,5)11(14)16-8-7-15-10(13)9(2)3;1-3-9(2)10-7-5-4-6-8-10;1-5-6(2)7(9)8(3)4/h2,6-8H2,1,3-5H3;4-9H,3H2,1-2H3;6H,5H2,1-4H3. The van der Waals surface area contributed by atoms with Gasteiger partial charge in [-0.1, -0.05) is 71.5 Å². The van der Waals surface area contributed by atoms with E-state index in [-0.39, 0.29) is 31.0 Å². The van der Waals surface area contributed by atoms with Crippen LogP contribution < -0.4 is 0 Å². The monoisotopic (exact) mass is 491 g/mol. The first kappa shape index (κ1) is 34.5. The number of benzene rings is 1. The van der Waals surface area contributed by atoms with E-state index in [1.807, 2.05) is 34.6 Å². The highest BCUT2D eigenvalue weighted by molar-refractivity contribution is 5.86. The molecule has 1 aromatic rings. The third-order valence-corrected chi connectivity index (χ3v) is 5.79. The molecular formula is C29H49NO5. The summed E-state index contributed by atoms with van der Waals surface area (Å²) in [5, 5.41) is 0. The zero-order valence-electron chi connectivity index (χ0n) is 23.8. The summed E-state index contributed by atoms with van der Waals surface area (Å²) in [6.45, 7) is 19.1. The molecule has 6 nitrogen and oxygen atoms in total. The SMILES string of the molecule is C=C(C)C(=O)OCCOC(=O)C(C)(C)CC.CCC(C)C(=O)N(C)C.CCC(C)c1ccccc1. The van der Waals surface area contributed by atoms with Crippen LogP contribution in [0, 0.1) is 11.3 Å². The zero-order valence-corrected chi connectivity index (χ0v) is 23.8. The molecule has 0 aliphatic heterocycles. The highest BCUT2D eigenvalue weighted by Crippen LogP contribution is 2.21. The number of nitrogens with zero attached hydrogens (tertiary/aromatic N) is 1. The van der Waals surface area contributed by atoms with Gasteiger partial charge in [-0.2, -0.15) is 0 Å². The van der Waals surface area contributed by atoms with Crippen LogP contribution in [0.15, 0.2) is 42.5 Å². The van der Waals surface area contributed by atoms with E-state index >= 15 is 0 Å². The lowest BCUT2D eigenvalue weighted by atomic mass is 9.91. The summed E-state index contributed by atoms with van der Waals surface area (Å²) in [6, 6.07) is 10.6. The van der Waals surface area contributed by atoms with E-state index in [2.05, 4.69) is 50.8 Å². The highest BCUT2D eigenvalue weighted by Gasteiger charge is 2.26. The number of carbonyl (C=O) groups is 3. The van der Waals surface area contributed by atoms with Gasteiger partial charge in [0.05, 0.1) is 5.41 Å². The molecule has 6 heteroatoms. The van der Waals surface area contributed by atoms with Crippen LogP contribution in [0.25, 0.3) is 0 Å². The van der Waals surface area contributed by atoms with E-state index in [0.717, 1.165) is 6.42 Å². The minimum atomic E-state index is -0.488. The van der Waals surface area contributed by atoms with Crippen molar-refractivity contribution in [3.05, 3.63) is 48.0 Å². The van der Waals surface area contributed by atoms with Crippen molar-refractivity contribution < 1.29 is 23.9 Å². The number of rotatable bonds is 10. The first-order valence-electron chi connectivity index (χ1n) is 12.5. The Morgan fingerprint density at radius 2 is 1.46 bits per heavy atom. The molecule has 0 bridgehead atoms. The third kappa shape index (κ3) is 15.8. The van der Waals surface area contributed by atoms with E-state index in [9.17, 15) is 14.4 Å². The van der Waals surface area contributed by atoms with Crippen molar-refractivity contribution in [2.75, 3.05) is 27.3 Å². The molecular weight excluding hydrogens is 442 g/mol. The summed E-state index contributed by atoms with van der Waals surface area (Å²) in [6.07, 6.45) is 2.86. The van der Waals surface area contributed by atoms with Gasteiger partial charge >= 0.3 is 11.9 Å². The van der Waals surface area contributed by atoms with Crippen LogP contribution in [-0.4, -0.2) is 50.1 Å². The fourth-order valence-corrected chi connectivity index (χ4v) is 2.36. The molecule has 0 saturated heterocycles. The predicted molar refractivity (Wildman–Crippen MR) is 144 cm³/mol. The Bertz CT molecular complexity index is 756. The fourth-order valence-electron chi connectivity index (χ4n) is 2.36. The molecule has 0 fully saturated rings. The van der Waals surface area contributed by atoms with Crippen LogP contribution in [0.3, 0.4) is 0 Å². The van der Waals surface area contributed by atoms with Gasteiger partial charge in [0.2, 0.25) is 5.91 Å². The van der Waals surface area contributed by atoms with Gasteiger partial charge in [-0.3, -0.25) is 9.59 Å². The minimum absolute atomic E-state index is 0.0667. The summed E-state index contributed by atoms with van der Waals surface area (Å²) in [7, 11) is 3.57. The van der Waals surface area contributed by atoms with Crippen LogP contribution in [-0.2, 0) is 23.9 Å². The van der Waals surface area contributed by atoms with Crippen molar-refractivity contribution >= 4 is 17.8 Å². The third-order valence-electron chi connectivity index (χ3n) is 5.79. The average molecular weight is 492 g/mol. The van der Waals surface area contributed by atoms with Gasteiger partial charge in [-0.15, -0.1) is 0 Å². The summed E-state index contributed by atoms with van der Waals surface area (Å²) in [5.41, 5.74) is 1.29. The Kier molecular flexibility index (Phi) is 18.4. The highest BCUT2D eigenvalue weighted by atomic mass is 16.6.